The van der Waals surface area contributed by atoms with Gasteiger partial charge in [0, 0.05) is 25.9 Å². The Morgan fingerprint density at radius 3 is 2.42 bits per heavy atom. The zero-order valence-electron chi connectivity index (χ0n) is 14.9. The molecule has 6 nitrogen and oxygen atoms in total. The van der Waals surface area contributed by atoms with Gasteiger partial charge in [0.25, 0.3) is 0 Å². The summed E-state index contributed by atoms with van der Waals surface area (Å²) in [6.45, 7) is 1.95. The molecule has 0 atom stereocenters. The van der Waals surface area contributed by atoms with Gasteiger partial charge >= 0.3 is 0 Å². The zero-order chi connectivity index (χ0) is 18.1. The van der Waals surface area contributed by atoms with Crippen molar-refractivity contribution < 1.29 is 4.42 Å². The minimum atomic E-state index is 0.554. The number of hydrogen-bond donors (Lipinski definition) is 1. The SMILES string of the molecule is Cc1oc2nc(N(C)C)nc(Nc3ccccn3)c2c1-c1ccccc1. The summed E-state index contributed by atoms with van der Waals surface area (Å²) in [5.74, 6) is 2.77. The van der Waals surface area contributed by atoms with Gasteiger partial charge in [0.15, 0.2) is 0 Å². The fraction of sp³-hybridized carbons (Fsp3) is 0.150. The van der Waals surface area contributed by atoms with Crippen LogP contribution in [0.5, 0.6) is 0 Å². The molecule has 1 N–H and O–H groups in total. The van der Waals surface area contributed by atoms with Crippen LogP contribution in [0.2, 0.25) is 0 Å². The van der Waals surface area contributed by atoms with Gasteiger partial charge in [0.1, 0.15) is 17.4 Å². The number of nitrogens with zero attached hydrogens (tertiary/aromatic N) is 4. The lowest BCUT2D eigenvalue weighted by atomic mass is 10.0. The zero-order valence-corrected chi connectivity index (χ0v) is 14.9. The minimum Gasteiger partial charge on any atom is -0.442 e. The number of pyridine rings is 1. The fourth-order valence-corrected chi connectivity index (χ4v) is 2.90. The van der Waals surface area contributed by atoms with Crippen molar-refractivity contribution in [2.24, 2.45) is 0 Å². The van der Waals surface area contributed by atoms with E-state index in [4.69, 9.17) is 9.40 Å². The van der Waals surface area contributed by atoms with Gasteiger partial charge in [-0.2, -0.15) is 9.97 Å². The Kier molecular flexibility index (Phi) is 4.01. The summed E-state index contributed by atoms with van der Waals surface area (Å²) < 4.78 is 5.98. The molecule has 1 aromatic carbocycles. The van der Waals surface area contributed by atoms with Crippen molar-refractivity contribution in [1.82, 2.24) is 15.0 Å². The predicted octanol–water partition coefficient (Wildman–Crippen LogP) is 4.40. The monoisotopic (exact) mass is 345 g/mol. The van der Waals surface area contributed by atoms with Crippen LogP contribution < -0.4 is 10.2 Å². The Morgan fingerprint density at radius 1 is 0.962 bits per heavy atom. The highest BCUT2D eigenvalue weighted by molar-refractivity contribution is 6.02. The maximum Gasteiger partial charge on any atom is 0.233 e. The van der Waals surface area contributed by atoms with Crippen LogP contribution in [0.15, 0.2) is 59.1 Å². The smallest absolute Gasteiger partial charge is 0.233 e. The lowest BCUT2D eigenvalue weighted by molar-refractivity contribution is 0.568. The van der Waals surface area contributed by atoms with Gasteiger partial charge < -0.3 is 14.6 Å². The quantitative estimate of drug-likeness (QED) is 0.591. The predicted molar refractivity (Wildman–Crippen MR) is 104 cm³/mol. The second kappa shape index (κ2) is 6.48. The minimum absolute atomic E-state index is 0.554. The lowest BCUT2D eigenvalue weighted by Crippen LogP contribution is -2.13. The van der Waals surface area contributed by atoms with Gasteiger partial charge in [-0.3, -0.25) is 0 Å². The maximum atomic E-state index is 5.98. The summed E-state index contributed by atoms with van der Waals surface area (Å²) >= 11 is 0. The Hall–Kier alpha value is -3.41. The van der Waals surface area contributed by atoms with Crippen LogP contribution in [-0.2, 0) is 0 Å². The Bertz CT molecular complexity index is 1040. The first-order valence-electron chi connectivity index (χ1n) is 8.35. The van der Waals surface area contributed by atoms with Crippen molar-refractivity contribution in [3.05, 3.63) is 60.5 Å². The number of anilines is 3. The number of aromatic nitrogens is 3. The van der Waals surface area contributed by atoms with Crippen molar-refractivity contribution in [1.29, 1.82) is 0 Å². The highest BCUT2D eigenvalue weighted by Crippen LogP contribution is 2.38. The Balaban J connectivity index is 1.97. The maximum absolute atomic E-state index is 5.98. The van der Waals surface area contributed by atoms with Crippen LogP contribution in [0.1, 0.15) is 5.76 Å². The van der Waals surface area contributed by atoms with E-state index in [1.165, 1.54) is 0 Å². The third-order valence-electron chi connectivity index (χ3n) is 4.09. The van der Waals surface area contributed by atoms with Crippen LogP contribution in [0, 0.1) is 6.92 Å². The second-order valence-corrected chi connectivity index (χ2v) is 6.19. The summed E-state index contributed by atoms with van der Waals surface area (Å²) in [5.41, 5.74) is 2.61. The van der Waals surface area contributed by atoms with E-state index in [0.717, 1.165) is 28.1 Å². The van der Waals surface area contributed by atoms with Crippen molar-refractivity contribution >= 4 is 28.7 Å². The molecule has 0 unspecified atom stereocenters. The molecule has 0 aliphatic rings. The van der Waals surface area contributed by atoms with E-state index in [1.54, 1.807) is 6.20 Å². The molecule has 0 saturated heterocycles. The number of nitrogens with one attached hydrogen (secondary N) is 1. The van der Waals surface area contributed by atoms with Crippen molar-refractivity contribution in [2.45, 2.75) is 6.92 Å². The van der Waals surface area contributed by atoms with Crippen LogP contribution in [-0.4, -0.2) is 29.0 Å². The van der Waals surface area contributed by atoms with Crippen LogP contribution in [0.3, 0.4) is 0 Å². The molecule has 0 fully saturated rings. The molecule has 130 valence electrons. The van der Waals surface area contributed by atoms with E-state index >= 15 is 0 Å². The van der Waals surface area contributed by atoms with E-state index < -0.39 is 0 Å². The number of aryl methyl sites for hydroxylation is 1. The molecule has 4 rings (SSSR count). The van der Waals surface area contributed by atoms with Crippen molar-refractivity contribution in [2.75, 3.05) is 24.3 Å². The summed E-state index contributed by atoms with van der Waals surface area (Å²) in [4.78, 5) is 15.5. The fourth-order valence-electron chi connectivity index (χ4n) is 2.90. The lowest BCUT2D eigenvalue weighted by Gasteiger charge is -2.13. The van der Waals surface area contributed by atoms with Gasteiger partial charge in [0.05, 0.1) is 5.39 Å². The number of hydrogen-bond acceptors (Lipinski definition) is 6. The second-order valence-electron chi connectivity index (χ2n) is 6.19. The summed E-state index contributed by atoms with van der Waals surface area (Å²) in [5, 5.41) is 4.17. The van der Waals surface area contributed by atoms with Gasteiger partial charge in [-0.15, -0.1) is 0 Å². The molecule has 3 aromatic heterocycles. The van der Waals surface area contributed by atoms with E-state index in [0.29, 0.717) is 17.5 Å². The first-order chi connectivity index (χ1) is 12.6. The van der Waals surface area contributed by atoms with Crippen molar-refractivity contribution in [3.8, 4) is 11.1 Å². The van der Waals surface area contributed by atoms with E-state index in [9.17, 15) is 0 Å². The molecule has 0 amide bonds. The Labute approximate surface area is 151 Å². The summed E-state index contributed by atoms with van der Waals surface area (Å²) in [6, 6.07) is 15.8. The topological polar surface area (TPSA) is 67.1 Å². The molecule has 0 bridgehead atoms. The van der Waals surface area contributed by atoms with Gasteiger partial charge in [-0.05, 0) is 24.6 Å². The molecule has 0 aliphatic heterocycles. The molecular weight excluding hydrogens is 326 g/mol. The molecule has 0 spiro atoms. The summed E-state index contributed by atoms with van der Waals surface area (Å²) in [6.07, 6.45) is 1.74. The van der Waals surface area contributed by atoms with E-state index in [2.05, 4.69) is 27.4 Å². The largest absolute Gasteiger partial charge is 0.442 e. The molecule has 0 saturated carbocycles. The number of benzene rings is 1. The molecule has 6 heteroatoms. The van der Waals surface area contributed by atoms with Crippen LogP contribution in [0.4, 0.5) is 17.6 Å². The van der Waals surface area contributed by atoms with Gasteiger partial charge in [0.2, 0.25) is 11.7 Å². The highest BCUT2D eigenvalue weighted by Gasteiger charge is 2.21. The summed E-state index contributed by atoms with van der Waals surface area (Å²) in [7, 11) is 3.80. The molecular formula is C20H19N5O. The first-order valence-corrected chi connectivity index (χ1v) is 8.35. The van der Waals surface area contributed by atoms with E-state index in [1.807, 2.05) is 62.3 Å². The highest BCUT2D eigenvalue weighted by atomic mass is 16.3. The molecule has 0 radical (unpaired) electrons. The average Bonchev–Trinajstić information content (AvgIpc) is 2.99. The van der Waals surface area contributed by atoms with E-state index in [-0.39, 0.29) is 0 Å². The standard InChI is InChI=1S/C20H19N5O/c1-13-16(14-9-5-4-6-10-14)17-18(22-15-11-7-8-12-21-15)23-20(25(2)3)24-19(17)26-13/h4-12H,1-3H3,(H,21,22,23,24). The molecule has 3 heterocycles. The number of fused-ring (bicyclic) bond motifs is 1. The van der Waals surface area contributed by atoms with Crippen LogP contribution in [0.25, 0.3) is 22.2 Å². The van der Waals surface area contributed by atoms with Crippen molar-refractivity contribution in [3.63, 3.8) is 0 Å². The van der Waals surface area contributed by atoms with Gasteiger partial charge in [-0.25, -0.2) is 4.98 Å². The average molecular weight is 345 g/mol. The van der Waals surface area contributed by atoms with Gasteiger partial charge in [-0.1, -0.05) is 36.4 Å². The third kappa shape index (κ3) is 2.86. The molecule has 26 heavy (non-hydrogen) atoms. The first kappa shape index (κ1) is 16.1. The number of furan rings is 1. The normalized spacial score (nSPS) is 10.9. The van der Waals surface area contributed by atoms with Crippen LogP contribution >= 0.6 is 0 Å². The molecule has 0 aliphatic carbocycles. The third-order valence-corrected chi connectivity index (χ3v) is 4.09. The Morgan fingerprint density at radius 2 is 1.73 bits per heavy atom. The molecule has 4 aromatic rings. The number of rotatable bonds is 4.